The van der Waals surface area contributed by atoms with Gasteiger partial charge in [-0.05, 0) is 31.5 Å². The molecule has 0 bridgehead atoms. The molecule has 0 atom stereocenters. The van der Waals surface area contributed by atoms with Gasteiger partial charge in [-0.25, -0.2) is 13.6 Å². The summed E-state index contributed by atoms with van der Waals surface area (Å²) in [6.07, 6.45) is 0. The molecule has 0 fully saturated rings. The van der Waals surface area contributed by atoms with E-state index in [0.29, 0.717) is 0 Å². The average molecular weight is 253 g/mol. The molecule has 1 aromatic heterocycles. The Morgan fingerprint density at radius 3 is 2.61 bits per heavy atom. The van der Waals surface area contributed by atoms with Crippen LogP contribution in [0.5, 0.6) is 0 Å². The lowest BCUT2D eigenvalue weighted by Gasteiger charge is -2.05. The van der Waals surface area contributed by atoms with Crippen molar-refractivity contribution in [2.75, 3.05) is 0 Å². The first kappa shape index (κ1) is 12.2. The second-order valence-corrected chi connectivity index (χ2v) is 3.80. The lowest BCUT2D eigenvalue weighted by molar-refractivity contribution is 0.0696. The van der Waals surface area contributed by atoms with E-state index in [1.165, 1.54) is 19.9 Å². The first-order valence-corrected chi connectivity index (χ1v) is 5.08. The first-order valence-electron chi connectivity index (χ1n) is 5.08. The van der Waals surface area contributed by atoms with Crippen LogP contribution in [0.25, 0.3) is 11.3 Å². The summed E-state index contributed by atoms with van der Waals surface area (Å²) in [4.78, 5) is 11.1. The normalized spacial score (nSPS) is 10.7. The predicted molar refractivity (Wildman–Crippen MR) is 58.3 cm³/mol. The molecule has 6 heteroatoms. The summed E-state index contributed by atoms with van der Waals surface area (Å²) in [6.45, 7) is 2.79. The molecule has 1 aromatic carbocycles. The zero-order valence-corrected chi connectivity index (χ0v) is 9.62. The van der Waals surface area contributed by atoms with Crippen LogP contribution in [0.3, 0.4) is 0 Å². The van der Waals surface area contributed by atoms with E-state index in [1.54, 1.807) is 0 Å². The average Bonchev–Trinajstić information content (AvgIpc) is 2.68. The molecular formula is C12H9F2NO3. The number of aromatic carboxylic acids is 1. The number of nitrogens with zero attached hydrogens (tertiary/aromatic N) is 1. The molecular weight excluding hydrogens is 244 g/mol. The lowest BCUT2D eigenvalue weighted by atomic mass is 10.0. The van der Waals surface area contributed by atoms with Crippen LogP contribution in [0, 0.1) is 25.5 Å². The van der Waals surface area contributed by atoms with Crippen molar-refractivity contribution in [2.24, 2.45) is 0 Å². The molecule has 0 saturated heterocycles. The van der Waals surface area contributed by atoms with Crippen molar-refractivity contribution in [3.05, 3.63) is 40.7 Å². The van der Waals surface area contributed by atoms with E-state index < -0.39 is 17.6 Å². The number of carboxylic acids is 1. The third-order valence-electron chi connectivity index (χ3n) is 2.67. The van der Waals surface area contributed by atoms with E-state index in [4.69, 9.17) is 9.63 Å². The van der Waals surface area contributed by atoms with Crippen molar-refractivity contribution in [1.82, 2.24) is 5.16 Å². The SMILES string of the molecule is Cc1onc(-c2ccc(F)c(F)c2C)c1C(=O)O. The number of hydrogen-bond acceptors (Lipinski definition) is 3. The van der Waals surface area contributed by atoms with Gasteiger partial charge in [0, 0.05) is 5.56 Å². The second-order valence-electron chi connectivity index (χ2n) is 3.80. The van der Waals surface area contributed by atoms with Crippen LogP contribution in [0.2, 0.25) is 0 Å². The van der Waals surface area contributed by atoms with Crippen molar-refractivity contribution in [1.29, 1.82) is 0 Å². The molecule has 0 radical (unpaired) electrons. The van der Waals surface area contributed by atoms with E-state index in [-0.39, 0.29) is 28.1 Å². The molecule has 1 heterocycles. The molecule has 4 nitrogen and oxygen atoms in total. The van der Waals surface area contributed by atoms with Crippen LogP contribution in [-0.2, 0) is 0 Å². The number of hydrogen-bond donors (Lipinski definition) is 1. The predicted octanol–water partition coefficient (Wildman–Crippen LogP) is 2.93. The number of rotatable bonds is 2. The van der Waals surface area contributed by atoms with Gasteiger partial charge in [0.1, 0.15) is 17.0 Å². The minimum Gasteiger partial charge on any atom is -0.477 e. The third-order valence-corrected chi connectivity index (χ3v) is 2.67. The Kier molecular flexibility index (Phi) is 2.86. The first-order chi connectivity index (χ1) is 8.43. The Balaban J connectivity index is 2.71. The maximum Gasteiger partial charge on any atom is 0.341 e. The summed E-state index contributed by atoms with van der Waals surface area (Å²) >= 11 is 0. The third kappa shape index (κ3) is 1.75. The van der Waals surface area contributed by atoms with Crippen LogP contribution in [0.1, 0.15) is 21.7 Å². The zero-order chi connectivity index (χ0) is 13.4. The number of halogens is 2. The quantitative estimate of drug-likeness (QED) is 0.893. The van der Waals surface area contributed by atoms with Gasteiger partial charge >= 0.3 is 5.97 Å². The standard InChI is InChI=1S/C12H9F2NO3/c1-5-7(3-4-8(13)10(5)14)11-9(12(16)17)6(2)18-15-11/h3-4H,1-2H3,(H,16,17). The molecule has 0 saturated carbocycles. The van der Waals surface area contributed by atoms with Crippen molar-refractivity contribution in [3.63, 3.8) is 0 Å². The maximum atomic E-state index is 13.4. The fraction of sp³-hybridized carbons (Fsp3) is 0.167. The molecule has 0 aliphatic heterocycles. The summed E-state index contributed by atoms with van der Waals surface area (Å²) in [6, 6.07) is 2.20. The van der Waals surface area contributed by atoms with Crippen LogP contribution in [0.15, 0.2) is 16.7 Å². The molecule has 2 rings (SSSR count). The Bertz CT molecular complexity index is 634. The van der Waals surface area contributed by atoms with Crippen molar-refractivity contribution in [3.8, 4) is 11.3 Å². The summed E-state index contributed by atoms with van der Waals surface area (Å²) in [5.74, 6) is -3.13. The van der Waals surface area contributed by atoms with Crippen molar-refractivity contribution < 1.29 is 23.2 Å². The van der Waals surface area contributed by atoms with Crippen LogP contribution in [0.4, 0.5) is 8.78 Å². The van der Waals surface area contributed by atoms with E-state index in [9.17, 15) is 13.6 Å². The Morgan fingerprint density at radius 1 is 1.33 bits per heavy atom. The van der Waals surface area contributed by atoms with Gasteiger partial charge in [-0.15, -0.1) is 0 Å². The van der Waals surface area contributed by atoms with Gasteiger partial charge in [0.25, 0.3) is 0 Å². The van der Waals surface area contributed by atoms with Gasteiger partial charge < -0.3 is 9.63 Å². The van der Waals surface area contributed by atoms with Crippen LogP contribution >= 0.6 is 0 Å². The molecule has 0 amide bonds. The number of carbonyl (C=O) groups is 1. The summed E-state index contributed by atoms with van der Waals surface area (Å²) in [5.41, 5.74) is 0.0365. The molecule has 1 N–H and O–H groups in total. The second kappa shape index (κ2) is 4.21. The largest absolute Gasteiger partial charge is 0.477 e. The van der Waals surface area contributed by atoms with Gasteiger partial charge in [-0.1, -0.05) is 5.16 Å². The molecule has 18 heavy (non-hydrogen) atoms. The van der Waals surface area contributed by atoms with E-state index in [0.717, 1.165) is 6.07 Å². The Labute approximate surface area is 101 Å². The summed E-state index contributed by atoms with van der Waals surface area (Å²) in [7, 11) is 0. The molecule has 0 aliphatic rings. The molecule has 0 unspecified atom stereocenters. The number of carboxylic acid groups (broad SMARTS) is 1. The fourth-order valence-corrected chi connectivity index (χ4v) is 1.72. The number of aromatic nitrogens is 1. The summed E-state index contributed by atoms with van der Waals surface area (Å²) < 4.78 is 31.2. The molecule has 94 valence electrons. The van der Waals surface area contributed by atoms with E-state index in [1.807, 2.05) is 0 Å². The Hall–Kier alpha value is -2.24. The van der Waals surface area contributed by atoms with Gasteiger partial charge in [-0.3, -0.25) is 0 Å². The molecule has 0 aliphatic carbocycles. The molecule has 2 aromatic rings. The van der Waals surface area contributed by atoms with Crippen molar-refractivity contribution in [2.45, 2.75) is 13.8 Å². The zero-order valence-electron chi connectivity index (χ0n) is 9.62. The molecule has 0 spiro atoms. The van der Waals surface area contributed by atoms with Gasteiger partial charge in [0.15, 0.2) is 11.6 Å². The highest BCUT2D eigenvalue weighted by atomic mass is 19.2. The lowest BCUT2D eigenvalue weighted by Crippen LogP contribution is -2.01. The number of aryl methyl sites for hydroxylation is 1. The minimum absolute atomic E-state index is 0.00333. The minimum atomic E-state index is -1.23. The van der Waals surface area contributed by atoms with E-state index in [2.05, 4.69) is 5.16 Å². The number of benzene rings is 1. The monoisotopic (exact) mass is 253 g/mol. The van der Waals surface area contributed by atoms with Crippen LogP contribution < -0.4 is 0 Å². The highest BCUT2D eigenvalue weighted by Gasteiger charge is 2.23. The van der Waals surface area contributed by atoms with Crippen molar-refractivity contribution >= 4 is 5.97 Å². The van der Waals surface area contributed by atoms with Gasteiger partial charge in [-0.2, -0.15) is 0 Å². The highest BCUT2D eigenvalue weighted by molar-refractivity contribution is 5.96. The summed E-state index contributed by atoms with van der Waals surface area (Å²) in [5, 5.41) is 12.6. The maximum absolute atomic E-state index is 13.4. The fourth-order valence-electron chi connectivity index (χ4n) is 1.72. The topological polar surface area (TPSA) is 63.3 Å². The van der Waals surface area contributed by atoms with Crippen LogP contribution in [-0.4, -0.2) is 16.2 Å². The Morgan fingerprint density at radius 2 is 2.00 bits per heavy atom. The van der Waals surface area contributed by atoms with E-state index >= 15 is 0 Å². The smallest absolute Gasteiger partial charge is 0.341 e. The van der Waals surface area contributed by atoms with Gasteiger partial charge in [0.2, 0.25) is 0 Å². The highest BCUT2D eigenvalue weighted by Crippen LogP contribution is 2.30. The van der Waals surface area contributed by atoms with Gasteiger partial charge in [0.05, 0.1) is 0 Å².